The number of aryl methyl sites for hydroxylation is 1. The molecular weight excluding hydrogens is 240 g/mol. The van der Waals surface area contributed by atoms with Crippen LogP contribution in [-0.2, 0) is 0 Å². The number of ether oxygens (including phenoxy) is 2. The maximum atomic E-state index is 5.91. The van der Waals surface area contributed by atoms with Crippen molar-refractivity contribution in [2.75, 3.05) is 21.3 Å². The lowest BCUT2D eigenvalue weighted by molar-refractivity contribution is 0.201. The average molecular weight is 264 g/mol. The van der Waals surface area contributed by atoms with Crippen molar-refractivity contribution in [3.8, 4) is 11.5 Å². The van der Waals surface area contributed by atoms with Gasteiger partial charge in [-0.1, -0.05) is 0 Å². The molecule has 4 heteroatoms. The van der Waals surface area contributed by atoms with Gasteiger partial charge in [0.05, 0.1) is 14.2 Å². The van der Waals surface area contributed by atoms with E-state index >= 15 is 0 Å². The van der Waals surface area contributed by atoms with Crippen LogP contribution in [0.5, 0.6) is 11.5 Å². The summed E-state index contributed by atoms with van der Waals surface area (Å²) >= 11 is 0. The van der Waals surface area contributed by atoms with E-state index in [2.05, 4.69) is 11.4 Å². The van der Waals surface area contributed by atoms with Crippen molar-refractivity contribution in [1.82, 2.24) is 5.32 Å². The molecule has 2 rings (SSSR count). The van der Waals surface area contributed by atoms with Crippen LogP contribution in [0, 0.1) is 12.8 Å². The average Bonchev–Trinajstić information content (AvgIpc) is 2.38. The Kier molecular flexibility index (Phi) is 4.32. The Morgan fingerprint density at radius 3 is 2.32 bits per heavy atom. The third-order valence-corrected chi connectivity index (χ3v) is 4.08. The highest BCUT2D eigenvalue weighted by Crippen LogP contribution is 2.42. The van der Waals surface area contributed by atoms with E-state index in [-0.39, 0.29) is 6.04 Å². The van der Waals surface area contributed by atoms with Gasteiger partial charge < -0.3 is 20.5 Å². The fourth-order valence-corrected chi connectivity index (χ4v) is 2.94. The van der Waals surface area contributed by atoms with Crippen molar-refractivity contribution in [3.05, 3.63) is 23.3 Å². The minimum Gasteiger partial charge on any atom is -0.496 e. The summed E-state index contributed by atoms with van der Waals surface area (Å²) in [4.78, 5) is 0. The standard InChI is InChI=1S/C15H24N2O2/c1-9-5-14(19-4)12(8-13(9)18-3)15(17-2)10-6-11(16)7-10/h5,8,10-11,15,17H,6-7,16H2,1-4H3. The minimum atomic E-state index is 0.268. The molecule has 1 fully saturated rings. The summed E-state index contributed by atoms with van der Waals surface area (Å²) in [6, 6.07) is 4.74. The minimum absolute atomic E-state index is 0.268. The molecule has 1 aliphatic carbocycles. The molecule has 0 bridgehead atoms. The van der Waals surface area contributed by atoms with Crippen LogP contribution in [0.25, 0.3) is 0 Å². The van der Waals surface area contributed by atoms with Gasteiger partial charge in [-0.3, -0.25) is 0 Å². The Labute approximate surface area is 115 Å². The third-order valence-electron chi connectivity index (χ3n) is 4.08. The molecule has 0 aliphatic heterocycles. The maximum absolute atomic E-state index is 5.91. The Morgan fingerprint density at radius 1 is 1.21 bits per heavy atom. The second kappa shape index (κ2) is 5.80. The highest BCUT2D eigenvalue weighted by Gasteiger charge is 2.34. The molecule has 0 spiro atoms. The molecule has 1 aliphatic rings. The van der Waals surface area contributed by atoms with Gasteiger partial charge in [0.1, 0.15) is 11.5 Å². The summed E-state index contributed by atoms with van der Waals surface area (Å²) in [7, 11) is 5.40. The van der Waals surface area contributed by atoms with Gasteiger partial charge in [0.25, 0.3) is 0 Å². The van der Waals surface area contributed by atoms with Crippen molar-refractivity contribution < 1.29 is 9.47 Å². The number of rotatable bonds is 5. The predicted octanol–water partition coefficient (Wildman–Crippen LogP) is 2.01. The number of methoxy groups -OCH3 is 2. The van der Waals surface area contributed by atoms with Crippen LogP contribution in [-0.4, -0.2) is 27.3 Å². The SMILES string of the molecule is CNC(c1cc(OC)c(C)cc1OC)C1CC(N)C1. The molecular formula is C15H24N2O2. The normalized spacial score (nSPS) is 23.6. The topological polar surface area (TPSA) is 56.5 Å². The first kappa shape index (κ1) is 14.2. The maximum Gasteiger partial charge on any atom is 0.124 e. The van der Waals surface area contributed by atoms with E-state index < -0.39 is 0 Å². The van der Waals surface area contributed by atoms with Gasteiger partial charge >= 0.3 is 0 Å². The number of nitrogens with two attached hydrogens (primary N) is 1. The molecule has 1 aromatic rings. The van der Waals surface area contributed by atoms with Crippen molar-refractivity contribution in [2.45, 2.75) is 31.8 Å². The highest BCUT2D eigenvalue weighted by molar-refractivity contribution is 5.47. The van der Waals surface area contributed by atoms with Crippen molar-refractivity contribution in [3.63, 3.8) is 0 Å². The molecule has 0 amide bonds. The van der Waals surface area contributed by atoms with Crippen LogP contribution in [0.4, 0.5) is 0 Å². The van der Waals surface area contributed by atoms with Gasteiger partial charge in [0, 0.05) is 17.6 Å². The molecule has 1 aromatic carbocycles. The summed E-state index contributed by atoms with van der Waals surface area (Å²) in [6.07, 6.45) is 2.12. The molecule has 3 N–H and O–H groups in total. The van der Waals surface area contributed by atoms with E-state index in [9.17, 15) is 0 Å². The summed E-state index contributed by atoms with van der Waals surface area (Å²) in [5.74, 6) is 2.39. The molecule has 1 saturated carbocycles. The Bertz CT molecular complexity index is 442. The lowest BCUT2D eigenvalue weighted by Crippen LogP contribution is -2.42. The van der Waals surface area contributed by atoms with Crippen LogP contribution in [0.1, 0.15) is 30.0 Å². The largest absolute Gasteiger partial charge is 0.496 e. The quantitative estimate of drug-likeness (QED) is 0.854. The zero-order valence-electron chi connectivity index (χ0n) is 12.2. The Balaban J connectivity index is 2.34. The van der Waals surface area contributed by atoms with Crippen molar-refractivity contribution >= 4 is 0 Å². The molecule has 0 saturated heterocycles. The first-order valence-corrected chi connectivity index (χ1v) is 6.76. The van der Waals surface area contributed by atoms with Gasteiger partial charge in [0.15, 0.2) is 0 Å². The van der Waals surface area contributed by atoms with Gasteiger partial charge in [-0.2, -0.15) is 0 Å². The Hall–Kier alpha value is -1.26. The third kappa shape index (κ3) is 2.69. The zero-order valence-corrected chi connectivity index (χ0v) is 12.2. The number of benzene rings is 1. The first-order valence-electron chi connectivity index (χ1n) is 6.76. The van der Waals surface area contributed by atoms with Gasteiger partial charge in [-0.25, -0.2) is 0 Å². The molecule has 0 radical (unpaired) electrons. The smallest absolute Gasteiger partial charge is 0.124 e. The number of hydrogen-bond donors (Lipinski definition) is 2. The monoisotopic (exact) mass is 264 g/mol. The lowest BCUT2D eigenvalue weighted by Gasteiger charge is -2.39. The van der Waals surface area contributed by atoms with E-state index in [1.807, 2.05) is 20.0 Å². The molecule has 0 aromatic heterocycles. The molecule has 19 heavy (non-hydrogen) atoms. The van der Waals surface area contributed by atoms with E-state index in [1.54, 1.807) is 14.2 Å². The fraction of sp³-hybridized carbons (Fsp3) is 0.600. The summed E-state index contributed by atoms with van der Waals surface area (Å²) in [6.45, 7) is 2.03. The van der Waals surface area contributed by atoms with Crippen LogP contribution in [0.2, 0.25) is 0 Å². The van der Waals surface area contributed by atoms with Crippen LogP contribution >= 0.6 is 0 Å². The zero-order chi connectivity index (χ0) is 14.0. The van der Waals surface area contributed by atoms with Crippen LogP contribution in [0.3, 0.4) is 0 Å². The molecule has 106 valence electrons. The second-order valence-electron chi connectivity index (χ2n) is 5.32. The second-order valence-corrected chi connectivity index (χ2v) is 5.32. The highest BCUT2D eigenvalue weighted by atomic mass is 16.5. The predicted molar refractivity (Wildman–Crippen MR) is 76.8 cm³/mol. The van der Waals surface area contributed by atoms with Crippen molar-refractivity contribution in [1.29, 1.82) is 0 Å². The summed E-state index contributed by atoms with van der Waals surface area (Å²) in [5, 5.41) is 3.40. The van der Waals surface area contributed by atoms with E-state index in [1.165, 1.54) is 0 Å². The fourth-order valence-electron chi connectivity index (χ4n) is 2.94. The number of hydrogen-bond acceptors (Lipinski definition) is 4. The molecule has 4 nitrogen and oxygen atoms in total. The van der Waals surface area contributed by atoms with Crippen LogP contribution in [0.15, 0.2) is 12.1 Å². The molecule has 1 unspecified atom stereocenters. The molecule has 1 atom stereocenters. The summed E-state index contributed by atoms with van der Waals surface area (Å²) in [5.41, 5.74) is 8.15. The van der Waals surface area contributed by atoms with Gasteiger partial charge in [-0.15, -0.1) is 0 Å². The van der Waals surface area contributed by atoms with Gasteiger partial charge in [0.2, 0.25) is 0 Å². The van der Waals surface area contributed by atoms with E-state index in [4.69, 9.17) is 15.2 Å². The Morgan fingerprint density at radius 2 is 1.84 bits per heavy atom. The lowest BCUT2D eigenvalue weighted by atomic mass is 9.73. The van der Waals surface area contributed by atoms with Crippen LogP contribution < -0.4 is 20.5 Å². The first-order chi connectivity index (χ1) is 9.10. The number of nitrogens with one attached hydrogen (secondary N) is 1. The van der Waals surface area contributed by atoms with E-state index in [0.717, 1.165) is 35.5 Å². The molecule has 0 heterocycles. The van der Waals surface area contributed by atoms with E-state index in [0.29, 0.717) is 12.0 Å². The van der Waals surface area contributed by atoms with Crippen molar-refractivity contribution in [2.24, 2.45) is 11.7 Å². The summed E-state index contributed by atoms with van der Waals surface area (Å²) < 4.78 is 11.0. The van der Waals surface area contributed by atoms with Gasteiger partial charge in [-0.05, 0) is 50.4 Å².